The van der Waals surface area contributed by atoms with E-state index in [1.165, 1.54) is 24.3 Å². The van der Waals surface area contributed by atoms with Gasteiger partial charge in [-0.1, -0.05) is 34.4 Å². The van der Waals surface area contributed by atoms with Crippen molar-refractivity contribution in [2.45, 2.75) is 30.0 Å². The summed E-state index contributed by atoms with van der Waals surface area (Å²) in [5, 5.41) is 3.71. The summed E-state index contributed by atoms with van der Waals surface area (Å²) < 4.78 is 64.0. The predicted molar refractivity (Wildman–Crippen MR) is 94.8 cm³/mol. The smallest absolute Gasteiger partial charge is 0.435 e. The van der Waals surface area contributed by atoms with Crippen LogP contribution in [0.2, 0.25) is 10.0 Å². The van der Waals surface area contributed by atoms with Crippen molar-refractivity contribution < 1.29 is 26.8 Å². The lowest BCUT2D eigenvalue weighted by atomic mass is 9.86. The van der Waals surface area contributed by atoms with Gasteiger partial charge in [0.15, 0.2) is 0 Å². The van der Waals surface area contributed by atoms with Crippen LogP contribution in [0.25, 0.3) is 0 Å². The topological polar surface area (TPSA) is 61.7 Å². The number of aryl methyl sites for hydroxylation is 1. The van der Waals surface area contributed by atoms with Crippen molar-refractivity contribution in [3.8, 4) is 0 Å². The minimum Gasteiger partial charge on any atom is -0.768 e. The maximum absolute atomic E-state index is 13.9. The number of halogens is 5. The Morgan fingerprint density at radius 1 is 1.19 bits per heavy atom. The van der Waals surface area contributed by atoms with Crippen LogP contribution in [-0.2, 0) is 21.5 Å². The molecule has 1 aliphatic heterocycles. The van der Waals surface area contributed by atoms with Crippen LogP contribution in [0.3, 0.4) is 0 Å². The van der Waals surface area contributed by atoms with Crippen molar-refractivity contribution in [1.29, 1.82) is 0 Å². The number of alkyl halides is 3. The van der Waals surface area contributed by atoms with Crippen LogP contribution in [0, 0.1) is 6.92 Å². The molecule has 0 bridgehead atoms. The van der Waals surface area contributed by atoms with Gasteiger partial charge in [-0.15, -0.1) is 0 Å². The molecule has 1 aliphatic rings. The van der Waals surface area contributed by atoms with E-state index in [0.717, 1.165) is 12.1 Å². The van der Waals surface area contributed by atoms with Crippen LogP contribution in [0.4, 0.5) is 13.2 Å². The highest BCUT2D eigenvalue weighted by atomic mass is 35.5. The van der Waals surface area contributed by atoms with Gasteiger partial charge in [-0.3, -0.25) is 4.21 Å². The fraction of sp³-hybridized carbons (Fsp3) is 0.235. The van der Waals surface area contributed by atoms with Crippen molar-refractivity contribution in [2.24, 2.45) is 5.16 Å². The van der Waals surface area contributed by atoms with E-state index < -0.39 is 29.3 Å². The molecule has 144 valence electrons. The second kappa shape index (κ2) is 7.09. The fourth-order valence-corrected chi connectivity index (χ4v) is 3.89. The minimum absolute atomic E-state index is 0.0368. The van der Waals surface area contributed by atoms with E-state index in [1.54, 1.807) is 6.92 Å². The lowest BCUT2D eigenvalue weighted by Gasteiger charge is -2.29. The molecule has 0 spiro atoms. The molecule has 1 heterocycles. The van der Waals surface area contributed by atoms with Crippen LogP contribution in [0.15, 0.2) is 46.4 Å². The number of hydrogen-bond donors (Lipinski definition) is 0. The van der Waals surface area contributed by atoms with Crippen molar-refractivity contribution in [3.05, 3.63) is 63.1 Å². The zero-order valence-electron chi connectivity index (χ0n) is 13.6. The molecule has 2 unspecified atom stereocenters. The first-order chi connectivity index (χ1) is 12.5. The molecule has 0 fully saturated rings. The lowest BCUT2D eigenvalue weighted by molar-refractivity contribution is -0.275. The fourth-order valence-electron chi connectivity index (χ4n) is 2.86. The monoisotopic (exact) mass is 436 g/mol. The highest BCUT2D eigenvalue weighted by Crippen LogP contribution is 2.49. The summed E-state index contributed by atoms with van der Waals surface area (Å²) in [4.78, 5) is 4.97. The van der Waals surface area contributed by atoms with Gasteiger partial charge in [0.2, 0.25) is 0 Å². The van der Waals surface area contributed by atoms with Crippen molar-refractivity contribution in [2.75, 3.05) is 0 Å². The zero-order chi connectivity index (χ0) is 20.0. The molecule has 2 aromatic carbocycles. The van der Waals surface area contributed by atoms with E-state index in [9.17, 15) is 21.9 Å². The Labute approximate surface area is 165 Å². The molecule has 0 saturated heterocycles. The minimum atomic E-state index is -4.79. The average Bonchev–Trinajstić information content (AvgIpc) is 3.00. The van der Waals surface area contributed by atoms with Gasteiger partial charge in [-0.25, -0.2) is 0 Å². The molecule has 10 heteroatoms. The number of hydrogen-bond acceptors (Lipinski definition) is 4. The molecule has 0 saturated carbocycles. The van der Waals surface area contributed by atoms with Crippen molar-refractivity contribution in [1.82, 2.24) is 0 Å². The Morgan fingerprint density at radius 2 is 1.81 bits per heavy atom. The second-order valence-electron chi connectivity index (χ2n) is 6.00. The van der Waals surface area contributed by atoms with Crippen LogP contribution >= 0.6 is 23.2 Å². The lowest BCUT2D eigenvalue weighted by Crippen LogP contribution is -2.42. The highest BCUT2D eigenvalue weighted by molar-refractivity contribution is 7.79. The Bertz CT molecular complexity index is 945. The van der Waals surface area contributed by atoms with E-state index in [1.807, 2.05) is 0 Å². The van der Waals surface area contributed by atoms with E-state index in [0.29, 0.717) is 11.1 Å². The normalized spacial score (nSPS) is 20.9. The molecule has 4 nitrogen and oxygen atoms in total. The summed E-state index contributed by atoms with van der Waals surface area (Å²) in [7, 11) is 0. The SMILES string of the molecule is Cc1cc(C2=NOC(c3cc(Cl)cc(Cl)c3)(C(F)(F)F)C2)ccc1S(=O)[O-]. The molecule has 0 aromatic heterocycles. The van der Waals surface area contributed by atoms with E-state index in [4.69, 9.17) is 28.0 Å². The number of rotatable bonds is 3. The summed E-state index contributed by atoms with van der Waals surface area (Å²) in [6.45, 7) is 1.54. The number of oxime groups is 1. The van der Waals surface area contributed by atoms with Gasteiger partial charge < -0.3 is 9.39 Å². The quantitative estimate of drug-likeness (QED) is 0.627. The van der Waals surface area contributed by atoms with E-state index in [-0.39, 0.29) is 26.2 Å². The summed E-state index contributed by atoms with van der Waals surface area (Å²) in [5.41, 5.74) is -2.24. The second-order valence-corrected chi connectivity index (χ2v) is 7.79. The summed E-state index contributed by atoms with van der Waals surface area (Å²) >= 11 is 9.27. The molecular formula is C17H11Cl2F3NO3S-. The van der Waals surface area contributed by atoms with E-state index in [2.05, 4.69) is 5.16 Å². The average molecular weight is 437 g/mol. The Hall–Kier alpha value is -1.61. The van der Waals surface area contributed by atoms with E-state index >= 15 is 0 Å². The standard InChI is InChI=1S/C17H12Cl2F3NO3S/c1-9-4-10(2-3-15(9)27(24)25)14-8-16(26-23-14,17(20,21)22)11-5-12(18)7-13(19)6-11/h2-7H,8H2,1H3,(H,24,25)/p-1. The Balaban J connectivity index is 2.02. The third-order valence-corrected chi connectivity index (χ3v) is 5.46. The summed E-state index contributed by atoms with van der Waals surface area (Å²) in [6.07, 6.45) is -5.40. The van der Waals surface area contributed by atoms with Crippen LogP contribution in [0.5, 0.6) is 0 Å². The first-order valence-corrected chi connectivity index (χ1v) is 9.35. The van der Waals surface area contributed by atoms with Gasteiger partial charge in [0, 0.05) is 26.9 Å². The van der Waals surface area contributed by atoms with Crippen LogP contribution in [-0.4, -0.2) is 20.6 Å². The van der Waals surface area contributed by atoms with Crippen molar-refractivity contribution in [3.63, 3.8) is 0 Å². The van der Waals surface area contributed by atoms with Gasteiger partial charge >= 0.3 is 6.18 Å². The van der Waals surface area contributed by atoms with Crippen LogP contribution < -0.4 is 0 Å². The van der Waals surface area contributed by atoms with Gasteiger partial charge in [0.05, 0.1) is 5.71 Å². The highest BCUT2D eigenvalue weighted by Gasteiger charge is 2.62. The molecule has 3 rings (SSSR count). The van der Waals surface area contributed by atoms with Crippen LogP contribution in [0.1, 0.15) is 23.1 Å². The molecule has 2 aromatic rings. The third-order valence-electron chi connectivity index (χ3n) is 4.20. The Morgan fingerprint density at radius 3 is 2.33 bits per heavy atom. The molecule has 2 atom stereocenters. The van der Waals surface area contributed by atoms with Gasteiger partial charge in [-0.2, -0.15) is 13.2 Å². The molecule has 27 heavy (non-hydrogen) atoms. The molecular weight excluding hydrogens is 426 g/mol. The number of benzene rings is 2. The number of nitrogens with zero attached hydrogens (tertiary/aromatic N) is 1. The summed E-state index contributed by atoms with van der Waals surface area (Å²) in [5.74, 6) is 0. The molecule has 0 N–H and O–H groups in total. The van der Waals surface area contributed by atoms with Gasteiger partial charge in [0.25, 0.3) is 5.60 Å². The summed E-state index contributed by atoms with van der Waals surface area (Å²) in [6, 6.07) is 7.73. The zero-order valence-corrected chi connectivity index (χ0v) is 16.0. The third kappa shape index (κ3) is 3.71. The van der Waals surface area contributed by atoms with Crippen molar-refractivity contribution >= 4 is 40.0 Å². The van der Waals surface area contributed by atoms with Gasteiger partial charge in [0.1, 0.15) is 0 Å². The first-order valence-electron chi connectivity index (χ1n) is 7.52. The molecule has 0 amide bonds. The predicted octanol–water partition coefficient (Wildman–Crippen LogP) is 5.12. The maximum Gasteiger partial charge on any atom is 0.435 e. The first kappa shape index (κ1) is 20.1. The largest absolute Gasteiger partial charge is 0.768 e. The van der Waals surface area contributed by atoms with Gasteiger partial charge in [-0.05, 0) is 59.5 Å². The molecule has 0 radical (unpaired) electrons. The molecule has 0 aliphatic carbocycles. The Kier molecular flexibility index (Phi) is 5.28. The maximum atomic E-state index is 13.9.